The van der Waals surface area contributed by atoms with Crippen molar-refractivity contribution in [3.8, 4) is 0 Å². The van der Waals surface area contributed by atoms with Crippen molar-refractivity contribution in [2.24, 2.45) is 5.73 Å². The summed E-state index contributed by atoms with van der Waals surface area (Å²) in [5.74, 6) is -0.843. The number of ether oxygens (including phenoxy) is 1. The SMILES string of the molecule is CCCC(=O)OCc1ccc(C(CN)C(=O)Nc2ccc3cnccc3c2)cc1.Cl.Cl. The molecule has 0 aliphatic rings. The molecule has 0 saturated carbocycles. The number of pyridine rings is 1. The van der Waals surface area contributed by atoms with E-state index in [0.717, 1.165) is 28.3 Å². The number of hydrogen-bond acceptors (Lipinski definition) is 5. The van der Waals surface area contributed by atoms with Crippen LogP contribution >= 0.6 is 24.8 Å². The first-order chi connectivity index (χ1) is 14.1. The van der Waals surface area contributed by atoms with E-state index in [1.165, 1.54) is 0 Å². The van der Waals surface area contributed by atoms with Crippen LogP contribution in [0.3, 0.4) is 0 Å². The Balaban J connectivity index is 0.00000240. The number of nitrogens with zero attached hydrogens (tertiary/aromatic N) is 1. The Morgan fingerprint density at radius 3 is 2.48 bits per heavy atom. The van der Waals surface area contributed by atoms with Crippen LogP contribution in [-0.2, 0) is 20.9 Å². The van der Waals surface area contributed by atoms with Crippen LogP contribution in [0.25, 0.3) is 10.8 Å². The van der Waals surface area contributed by atoms with E-state index >= 15 is 0 Å². The highest BCUT2D eigenvalue weighted by Gasteiger charge is 2.19. The summed E-state index contributed by atoms with van der Waals surface area (Å²) in [5, 5.41) is 4.96. The third kappa shape index (κ3) is 7.21. The molecule has 3 rings (SSSR count). The van der Waals surface area contributed by atoms with Gasteiger partial charge in [-0.15, -0.1) is 24.8 Å². The lowest BCUT2D eigenvalue weighted by atomic mass is 9.97. The molecule has 1 atom stereocenters. The van der Waals surface area contributed by atoms with Crippen LogP contribution in [0, 0.1) is 0 Å². The second kappa shape index (κ2) is 12.9. The van der Waals surface area contributed by atoms with Crippen LogP contribution in [0.1, 0.15) is 36.8 Å². The first kappa shape index (κ1) is 26.4. The van der Waals surface area contributed by atoms with Gasteiger partial charge in [-0.3, -0.25) is 14.6 Å². The van der Waals surface area contributed by atoms with Gasteiger partial charge < -0.3 is 15.8 Å². The molecule has 0 bridgehead atoms. The molecular formula is C23H27Cl2N3O3. The molecular weight excluding hydrogens is 437 g/mol. The fourth-order valence-corrected chi connectivity index (χ4v) is 3.07. The number of fused-ring (bicyclic) bond motifs is 1. The molecule has 6 nitrogen and oxygen atoms in total. The van der Waals surface area contributed by atoms with Gasteiger partial charge in [-0.25, -0.2) is 0 Å². The third-order valence-corrected chi connectivity index (χ3v) is 4.70. The number of halogens is 2. The van der Waals surface area contributed by atoms with Crippen LogP contribution in [0.2, 0.25) is 0 Å². The smallest absolute Gasteiger partial charge is 0.306 e. The summed E-state index contributed by atoms with van der Waals surface area (Å²) in [4.78, 5) is 28.4. The minimum absolute atomic E-state index is 0. The Hall–Kier alpha value is -2.67. The lowest BCUT2D eigenvalue weighted by Crippen LogP contribution is -2.27. The molecule has 1 heterocycles. The van der Waals surface area contributed by atoms with Gasteiger partial charge in [-0.1, -0.05) is 37.3 Å². The number of esters is 1. The van der Waals surface area contributed by atoms with Gasteiger partial charge in [-0.2, -0.15) is 0 Å². The molecule has 1 aromatic heterocycles. The van der Waals surface area contributed by atoms with E-state index in [4.69, 9.17) is 10.5 Å². The molecule has 2 aromatic carbocycles. The van der Waals surface area contributed by atoms with Gasteiger partial charge in [0.1, 0.15) is 6.61 Å². The van der Waals surface area contributed by atoms with E-state index in [-0.39, 0.29) is 49.8 Å². The van der Waals surface area contributed by atoms with Crippen molar-refractivity contribution in [2.45, 2.75) is 32.3 Å². The van der Waals surface area contributed by atoms with Crippen molar-refractivity contribution in [2.75, 3.05) is 11.9 Å². The van der Waals surface area contributed by atoms with Crippen LogP contribution in [0.5, 0.6) is 0 Å². The average Bonchev–Trinajstić information content (AvgIpc) is 2.74. The van der Waals surface area contributed by atoms with Gasteiger partial charge >= 0.3 is 5.97 Å². The summed E-state index contributed by atoms with van der Waals surface area (Å²) in [7, 11) is 0. The summed E-state index contributed by atoms with van der Waals surface area (Å²) in [6.07, 6.45) is 4.68. The largest absolute Gasteiger partial charge is 0.461 e. The molecule has 0 radical (unpaired) electrons. The van der Waals surface area contributed by atoms with Gasteiger partial charge in [0.15, 0.2) is 0 Å². The van der Waals surface area contributed by atoms with Gasteiger partial charge in [0.25, 0.3) is 0 Å². The molecule has 1 amide bonds. The molecule has 0 spiro atoms. The summed E-state index contributed by atoms with van der Waals surface area (Å²) in [6.45, 7) is 2.35. The van der Waals surface area contributed by atoms with Gasteiger partial charge in [0.2, 0.25) is 5.91 Å². The molecule has 0 aliphatic carbocycles. The van der Waals surface area contributed by atoms with Crippen molar-refractivity contribution >= 4 is 53.2 Å². The first-order valence-electron chi connectivity index (χ1n) is 9.70. The van der Waals surface area contributed by atoms with Crippen LogP contribution in [0.15, 0.2) is 60.9 Å². The van der Waals surface area contributed by atoms with E-state index in [1.807, 2.05) is 55.5 Å². The number of anilines is 1. The number of hydrogen-bond donors (Lipinski definition) is 2. The highest BCUT2D eigenvalue weighted by Crippen LogP contribution is 2.22. The summed E-state index contributed by atoms with van der Waals surface area (Å²) in [5.41, 5.74) is 8.29. The Kier molecular flexibility index (Phi) is 11.0. The maximum atomic E-state index is 12.8. The molecule has 0 fully saturated rings. The molecule has 166 valence electrons. The zero-order chi connectivity index (χ0) is 20.6. The fraction of sp³-hybridized carbons (Fsp3) is 0.261. The summed E-state index contributed by atoms with van der Waals surface area (Å²) < 4.78 is 5.21. The van der Waals surface area contributed by atoms with Crippen molar-refractivity contribution in [3.05, 3.63) is 72.1 Å². The normalized spacial score (nSPS) is 11.0. The van der Waals surface area contributed by atoms with Crippen LogP contribution in [0.4, 0.5) is 5.69 Å². The van der Waals surface area contributed by atoms with Crippen LogP contribution in [-0.4, -0.2) is 23.4 Å². The first-order valence-corrected chi connectivity index (χ1v) is 9.70. The van der Waals surface area contributed by atoms with Gasteiger partial charge in [0.05, 0.1) is 5.92 Å². The minimum Gasteiger partial charge on any atom is -0.461 e. The number of amides is 1. The summed E-state index contributed by atoms with van der Waals surface area (Å²) in [6, 6.07) is 15.0. The Morgan fingerprint density at radius 2 is 1.81 bits per heavy atom. The number of nitrogens with two attached hydrogens (primary N) is 1. The Bertz CT molecular complexity index is 997. The fourth-order valence-electron chi connectivity index (χ4n) is 3.07. The van der Waals surface area contributed by atoms with E-state index < -0.39 is 5.92 Å². The standard InChI is InChI=1S/C23H25N3O3.2ClH/c1-2-3-22(27)29-15-16-4-6-17(7-5-16)21(13-24)23(28)26-20-9-8-19-14-25-11-10-18(19)12-20;;/h4-12,14,21H,2-3,13,15,24H2,1H3,(H,26,28);2*1H. The van der Waals surface area contributed by atoms with Gasteiger partial charge in [-0.05, 0) is 41.1 Å². The topological polar surface area (TPSA) is 94.3 Å². The van der Waals surface area contributed by atoms with Crippen molar-refractivity contribution in [3.63, 3.8) is 0 Å². The highest BCUT2D eigenvalue weighted by atomic mass is 35.5. The number of aromatic nitrogens is 1. The molecule has 0 aliphatic heterocycles. The number of carbonyl (C=O) groups is 2. The number of benzene rings is 2. The maximum Gasteiger partial charge on any atom is 0.306 e. The number of nitrogens with one attached hydrogen (secondary N) is 1. The van der Waals surface area contributed by atoms with E-state index in [0.29, 0.717) is 12.1 Å². The monoisotopic (exact) mass is 463 g/mol. The quantitative estimate of drug-likeness (QED) is 0.475. The van der Waals surface area contributed by atoms with Crippen molar-refractivity contribution < 1.29 is 14.3 Å². The minimum atomic E-state index is -0.472. The Labute approximate surface area is 194 Å². The average molecular weight is 464 g/mol. The molecule has 1 unspecified atom stereocenters. The van der Waals surface area contributed by atoms with E-state index in [1.54, 1.807) is 12.4 Å². The second-order valence-corrected chi connectivity index (χ2v) is 6.87. The van der Waals surface area contributed by atoms with E-state index in [9.17, 15) is 9.59 Å². The Morgan fingerprint density at radius 1 is 1.06 bits per heavy atom. The molecule has 0 saturated heterocycles. The molecule has 31 heavy (non-hydrogen) atoms. The zero-order valence-corrected chi connectivity index (χ0v) is 18.9. The lowest BCUT2D eigenvalue weighted by Gasteiger charge is -2.16. The van der Waals surface area contributed by atoms with Crippen molar-refractivity contribution in [1.29, 1.82) is 0 Å². The molecule has 8 heteroatoms. The summed E-state index contributed by atoms with van der Waals surface area (Å²) >= 11 is 0. The van der Waals surface area contributed by atoms with Crippen LogP contribution < -0.4 is 11.1 Å². The predicted molar refractivity (Wildman–Crippen MR) is 128 cm³/mol. The maximum absolute atomic E-state index is 12.8. The second-order valence-electron chi connectivity index (χ2n) is 6.87. The molecule has 3 aromatic rings. The third-order valence-electron chi connectivity index (χ3n) is 4.70. The van der Waals surface area contributed by atoms with E-state index in [2.05, 4.69) is 10.3 Å². The molecule has 3 N–H and O–H groups in total. The predicted octanol–water partition coefficient (Wildman–Crippen LogP) is 4.60. The number of rotatable bonds is 8. The van der Waals surface area contributed by atoms with Gasteiger partial charge in [0, 0.05) is 36.4 Å². The lowest BCUT2D eigenvalue weighted by molar-refractivity contribution is -0.145. The zero-order valence-electron chi connectivity index (χ0n) is 17.2. The highest BCUT2D eigenvalue weighted by molar-refractivity contribution is 5.98. The number of carbonyl (C=O) groups excluding carboxylic acids is 2. The van der Waals surface area contributed by atoms with Crippen molar-refractivity contribution in [1.82, 2.24) is 4.98 Å².